The van der Waals surface area contributed by atoms with Crippen LogP contribution in [0.25, 0.3) is 11.5 Å². The largest absolute Gasteiger partial charge is 0.441 e. The summed E-state index contributed by atoms with van der Waals surface area (Å²) in [6, 6.07) is 23.7. The first-order valence-corrected chi connectivity index (χ1v) is 13.1. The van der Waals surface area contributed by atoms with E-state index in [1.807, 2.05) is 37.3 Å². The summed E-state index contributed by atoms with van der Waals surface area (Å²) >= 11 is 0. The molecule has 0 saturated carbocycles. The summed E-state index contributed by atoms with van der Waals surface area (Å²) in [5.41, 5.74) is 3.73. The maximum absolute atomic E-state index is 12.8. The highest BCUT2D eigenvalue weighted by atomic mass is 32.2. The van der Waals surface area contributed by atoms with Crippen molar-refractivity contribution in [2.45, 2.75) is 37.3 Å². The Morgan fingerprint density at radius 1 is 0.943 bits per heavy atom. The van der Waals surface area contributed by atoms with E-state index in [1.165, 1.54) is 5.56 Å². The maximum atomic E-state index is 12.8. The van der Waals surface area contributed by atoms with Gasteiger partial charge in [-0.2, -0.15) is 0 Å². The van der Waals surface area contributed by atoms with E-state index in [4.69, 9.17) is 4.42 Å². The number of oxazole rings is 1. The van der Waals surface area contributed by atoms with Gasteiger partial charge in [-0.1, -0.05) is 55.0 Å². The van der Waals surface area contributed by atoms with Gasteiger partial charge in [0.2, 0.25) is 5.89 Å². The second-order valence-corrected chi connectivity index (χ2v) is 10.7. The highest BCUT2D eigenvalue weighted by Crippen LogP contribution is 2.25. The first-order chi connectivity index (χ1) is 16.7. The third-order valence-electron chi connectivity index (χ3n) is 5.93. The molecule has 1 N–H and O–H groups in total. The Balaban J connectivity index is 1.42. The maximum Gasteiger partial charge on any atom is 0.251 e. The quantitative estimate of drug-likeness (QED) is 0.355. The lowest BCUT2D eigenvalue weighted by molar-refractivity contribution is 0.0951. The minimum Gasteiger partial charge on any atom is -0.441 e. The molecule has 0 unspecified atom stereocenters. The zero-order chi connectivity index (χ0) is 25.0. The van der Waals surface area contributed by atoms with Crippen LogP contribution in [0.15, 0.2) is 88.2 Å². The molecule has 35 heavy (non-hydrogen) atoms. The normalized spacial score (nSPS) is 12.3. The van der Waals surface area contributed by atoms with E-state index in [0.717, 1.165) is 5.56 Å². The van der Waals surface area contributed by atoms with Crippen molar-refractivity contribution in [3.05, 3.63) is 107 Å². The van der Waals surface area contributed by atoms with Crippen LogP contribution in [0.2, 0.25) is 0 Å². The van der Waals surface area contributed by atoms with E-state index in [0.29, 0.717) is 35.0 Å². The fourth-order valence-corrected chi connectivity index (χ4v) is 5.05. The molecular weight excluding hydrogens is 460 g/mol. The standard InChI is InChI=1S/C28H28N2O4S/c1-19-9-15-25(16-10-19)35(32,33)18-26-21(3)34-28(30-26)24-13-11-23(12-14-24)27(31)29-17-20(2)22-7-5-4-6-8-22/h4-16,20H,17-18H2,1-3H3,(H,29,31)/t20-/m1/s1. The molecule has 4 aromatic rings. The lowest BCUT2D eigenvalue weighted by atomic mass is 10.0. The topological polar surface area (TPSA) is 89.3 Å². The molecule has 0 aliphatic heterocycles. The van der Waals surface area contributed by atoms with E-state index in [-0.39, 0.29) is 22.5 Å². The van der Waals surface area contributed by atoms with Crippen LogP contribution >= 0.6 is 0 Å². The average Bonchev–Trinajstić information content (AvgIpc) is 3.22. The van der Waals surface area contributed by atoms with Crippen LogP contribution < -0.4 is 5.32 Å². The summed E-state index contributed by atoms with van der Waals surface area (Å²) in [6.07, 6.45) is 0. The summed E-state index contributed by atoms with van der Waals surface area (Å²) in [5.74, 6) is 0.566. The van der Waals surface area contributed by atoms with Crippen LogP contribution in [0.1, 0.15) is 45.8 Å². The van der Waals surface area contributed by atoms with Crippen LogP contribution in [-0.2, 0) is 15.6 Å². The van der Waals surface area contributed by atoms with Gasteiger partial charge in [-0.05, 0) is 61.7 Å². The van der Waals surface area contributed by atoms with Crippen molar-refractivity contribution in [3.63, 3.8) is 0 Å². The summed E-state index contributed by atoms with van der Waals surface area (Å²) in [7, 11) is -3.55. The fourth-order valence-electron chi connectivity index (χ4n) is 3.71. The summed E-state index contributed by atoms with van der Waals surface area (Å²) < 4.78 is 31.4. The zero-order valence-electron chi connectivity index (χ0n) is 20.0. The SMILES string of the molecule is Cc1ccc(S(=O)(=O)Cc2nc(-c3ccc(C(=O)NC[C@@H](C)c4ccccc4)cc3)oc2C)cc1. The summed E-state index contributed by atoms with van der Waals surface area (Å²) in [4.78, 5) is 17.3. The molecular formula is C28H28N2O4S. The molecule has 4 rings (SSSR count). The number of amides is 1. The van der Waals surface area contributed by atoms with Crippen LogP contribution in [0.5, 0.6) is 0 Å². The van der Waals surface area contributed by atoms with E-state index < -0.39 is 9.84 Å². The number of sulfone groups is 1. The number of nitrogens with zero attached hydrogens (tertiary/aromatic N) is 1. The molecule has 7 heteroatoms. The molecule has 0 saturated heterocycles. The van der Waals surface area contributed by atoms with Crippen molar-refractivity contribution in [3.8, 4) is 11.5 Å². The van der Waals surface area contributed by atoms with E-state index >= 15 is 0 Å². The molecule has 0 fully saturated rings. The molecule has 1 aromatic heterocycles. The third kappa shape index (κ3) is 5.87. The van der Waals surface area contributed by atoms with E-state index in [1.54, 1.807) is 55.5 Å². The van der Waals surface area contributed by atoms with E-state index in [9.17, 15) is 13.2 Å². The molecule has 180 valence electrons. The number of nitrogens with one attached hydrogen (secondary N) is 1. The Bertz CT molecular complexity index is 1410. The molecule has 1 heterocycles. The Kier molecular flexibility index (Phi) is 7.17. The van der Waals surface area contributed by atoms with Crippen molar-refractivity contribution in [1.29, 1.82) is 0 Å². The Labute approximate surface area is 206 Å². The predicted molar refractivity (Wildman–Crippen MR) is 136 cm³/mol. The predicted octanol–water partition coefficient (Wildman–Crippen LogP) is 5.47. The van der Waals surface area contributed by atoms with Gasteiger partial charge in [-0.25, -0.2) is 13.4 Å². The Hall–Kier alpha value is -3.71. The molecule has 1 amide bonds. The van der Waals surface area contributed by atoms with Crippen molar-refractivity contribution >= 4 is 15.7 Å². The average molecular weight is 489 g/mol. The lowest BCUT2D eigenvalue weighted by Crippen LogP contribution is -2.27. The van der Waals surface area contributed by atoms with Crippen LogP contribution in [0, 0.1) is 13.8 Å². The number of rotatable bonds is 8. The van der Waals surface area contributed by atoms with Gasteiger partial charge in [0.15, 0.2) is 9.84 Å². The van der Waals surface area contributed by atoms with Crippen LogP contribution in [0.4, 0.5) is 0 Å². The van der Waals surface area contributed by atoms with Crippen LogP contribution in [0.3, 0.4) is 0 Å². The molecule has 1 atom stereocenters. The van der Waals surface area contributed by atoms with Crippen molar-refractivity contribution < 1.29 is 17.6 Å². The molecule has 0 aliphatic rings. The van der Waals surface area contributed by atoms with Gasteiger partial charge in [-0.15, -0.1) is 0 Å². The zero-order valence-corrected chi connectivity index (χ0v) is 20.8. The molecule has 0 aliphatic carbocycles. The number of hydrogen-bond donors (Lipinski definition) is 1. The molecule has 6 nitrogen and oxygen atoms in total. The van der Waals surface area contributed by atoms with Gasteiger partial charge in [0.1, 0.15) is 11.5 Å². The first kappa shape index (κ1) is 24.4. The summed E-state index contributed by atoms with van der Waals surface area (Å²) in [6.45, 7) is 6.21. The lowest BCUT2D eigenvalue weighted by Gasteiger charge is -2.13. The van der Waals surface area contributed by atoms with Gasteiger partial charge in [0.25, 0.3) is 5.91 Å². The Morgan fingerprint density at radius 2 is 1.60 bits per heavy atom. The van der Waals surface area contributed by atoms with Crippen molar-refractivity contribution in [2.75, 3.05) is 6.54 Å². The molecule has 3 aromatic carbocycles. The molecule has 0 spiro atoms. The first-order valence-electron chi connectivity index (χ1n) is 11.4. The van der Waals surface area contributed by atoms with Crippen molar-refractivity contribution in [2.24, 2.45) is 0 Å². The Morgan fingerprint density at radius 3 is 2.26 bits per heavy atom. The summed E-state index contributed by atoms with van der Waals surface area (Å²) in [5, 5.41) is 2.97. The number of hydrogen-bond acceptors (Lipinski definition) is 5. The number of aryl methyl sites for hydroxylation is 2. The highest BCUT2D eigenvalue weighted by molar-refractivity contribution is 7.90. The number of carbonyl (C=O) groups excluding carboxylic acids is 1. The monoisotopic (exact) mass is 488 g/mol. The number of benzene rings is 3. The second-order valence-electron chi connectivity index (χ2n) is 8.69. The van der Waals surface area contributed by atoms with Gasteiger partial charge in [-0.3, -0.25) is 4.79 Å². The molecule has 0 bridgehead atoms. The van der Waals surface area contributed by atoms with E-state index in [2.05, 4.69) is 17.2 Å². The molecule has 0 radical (unpaired) electrons. The minimum absolute atomic E-state index is 0.159. The van der Waals surface area contributed by atoms with Gasteiger partial charge < -0.3 is 9.73 Å². The van der Waals surface area contributed by atoms with Gasteiger partial charge in [0, 0.05) is 17.7 Å². The minimum atomic E-state index is -3.55. The number of carbonyl (C=O) groups is 1. The highest BCUT2D eigenvalue weighted by Gasteiger charge is 2.21. The van der Waals surface area contributed by atoms with Gasteiger partial charge >= 0.3 is 0 Å². The third-order valence-corrected chi connectivity index (χ3v) is 7.57. The second kappa shape index (κ2) is 10.3. The smallest absolute Gasteiger partial charge is 0.251 e. The van der Waals surface area contributed by atoms with Gasteiger partial charge in [0.05, 0.1) is 10.6 Å². The van der Waals surface area contributed by atoms with Crippen LogP contribution in [-0.4, -0.2) is 25.9 Å². The number of aromatic nitrogens is 1. The fraction of sp³-hybridized carbons (Fsp3) is 0.214. The van der Waals surface area contributed by atoms with Crippen molar-refractivity contribution in [1.82, 2.24) is 10.3 Å².